The lowest BCUT2D eigenvalue weighted by molar-refractivity contribution is -0.126. The minimum Gasteiger partial charge on any atom is -0.474 e. The monoisotopic (exact) mass is 337 g/mol. The number of carbonyl (C=O) groups is 2. The number of aromatic nitrogens is 1. The van der Waals surface area contributed by atoms with E-state index >= 15 is 0 Å². The first-order valence-corrected chi connectivity index (χ1v) is 8.36. The Labute approximate surface area is 139 Å². The number of pyridine rings is 1. The lowest BCUT2D eigenvalue weighted by atomic mass is 9.92. The van der Waals surface area contributed by atoms with Crippen molar-refractivity contribution in [2.45, 2.75) is 56.7 Å². The van der Waals surface area contributed by atoms with Gasteiger partial charge in [-0.1, -0.05) is 11.6 Å². The maximum Gasteiger partial charge on any atom is 0.242 e. The summed E-state index contributed by atoms with van der Waals surface area (Å²) in [5.74, 6) is 0.466. The molecule has 1 aromatic rings. The highest BCUT2D eigenvalue weighted by atomic mass is 35.5. The molecule has 1 unspecified atom stereocenters. The summed E-state index contributed by atoms with van der Waals surface area (Å²) < 4.78 is 5.84. The minimum atomic E-state index is -0.366. The first-order valence-electron chi connectivity index (χ1n) is 7.98. The van der Waals surface area contributed by atoms with Crippen LogP contribution >= 0.6 is 11.6 Å². The lowest BCUT2D eigenvalue weighted by Crippen LogP contribution is -2.47. The highest BCUT2D eigenvalue weighted by molar-refractivity contribution is 6.30. The zero-order chi connectivity index (χ0) is 16.2. The van der Waals surface area contributed by atoms with Crippen molar-refractivity contribution in [1.29, 1.82) is 0 Å². The molecule has 1 atom stereocenters. The number of ether oxygens (including phenoxy) is 1. The summed E-state index contributed by atoms with van der Waals surface area (Å²) >= 11 is 5.80. The number of rotatable bonds is 4. The number of nitrogens with one attached hydrogen (secondary N) is 2. The highest BCUT2D eigenvalue weighted by Crippen LogP contribution is 2.23. The molecule has 0 aromatic carbocycles. The van der Waals surface area contributed by atoms with E-state index in [4.69, 9.17) is 16.3 Å². The van der Waals surface area contributed by atoms with E-state index in [9.17, 15) is 9.59 Å². The van der Waals surface area contributed by atoms with Crippen molar-refractivity contribution >= 4 is 23.4 Å². The third-order valence-electron chi connectivity index (χ3n) is 4.32. The molecule has 7 heteroatoms. The number of amides is 2. The molecule has 1 aliphatic carbocycles. The first kappa shape index (κ1) is 16.1. The molecule has 124 valence electrons. The fourth-order valence-corrected chi connectivity index (χ4v) is 3.15. The van der Waals surface area contributed by atoms with Crippen LogP contribution in [0.25, 0.3) is 0 Å². The van der Waals surface area contributed by atoms with Gasteiger partial charge in [0.05, 0.1) is 5.02 Å². The lowest BCUT2D eigenvalue weighted by Gasteiger charge is -2.29. The topological polar surface area (TPSA) is 80.3 Å². The molecule has 2 aliphatic rings. The van der Waals surface area contributed by atoms with E-state index in [2.05, 4.69) is 15.6 Å². The van der Waals surface area contributed by atoms with Gasteiger partial charge in [-0.25, -0.2) is 4.98 Å². The summed E-state index contributed by atoms with van der Waals surface area (Å²) in [5.41, 5.74) is 0. The summed E-state index contributed by atoms with van der Waals surface area (Å²) in [6.07, 6.45) is 6.17. The predicted octanol–water partition coefficient (Wildman–Crippen LogP) is 1.82. The molecule has 2 N–H and O–H groups in total. The van der Waals surface area contributed by atoms with Gasteiger partial charge in [-0.2, -0.15) is 0 Å². The van der Waals surface area contributed by atoms with Gasteiger partial charge in [-0.15, -0.1) is 0 Å². The second-order valence-corrected chi connectivity index (χ2v) is 6.51. The Morgan fingerprint density at radius 1 is 1.26 bits per heavy atom. The van der Waals surface area contributed by atoms with Gasteiger partial charge in [-0.3, -0.25) is 9.59 Å². The quantitative estimate of drug-likeness (QED) is 0.878. The van der Waals surface area contributed by atoms with Crippen molar-refractivity contribution in [2.24, 2.45) is 0 Å². The molecule has 1 saturated carbocycles. The van der Waals surface area contributed by atoms with Crippen molar-refractivity contribution in [3.05, 3.63) is 23.4 Å². The molecule has 2 amide bonds. The van der Waals surface area contributed by atoms with E-state index in [1.54, 1.807) is 18.3 Å². The molecular weight excluding hydrogens is 318 g/mol. The number of hydrogen-bond acceptors (Lipinski definition) is 4. The van der Waals surface area contributed by atoms with E-state index in [-0.39, 0.29) is 30.0 Å². The van der Waals surface area contributed by atoms with Crippen LogP contribution in [0.4, 0.5) is 0 Å². The smallest absolute Gasteiger partial charge is 0.242 e. The summed E-state index contributed by atoms with van der Waals surface area (Å²) in [6, 6.07) is 3.30. The normalized spacial score (nSPS) is 27.3. The SMILES string of the molecule is O=C1CCC(C(=O)NC2CCC(Oc3ccc(Cl)cn3)CC2)N1. The van der Waals surface area contributed by atoms with Crippen LogP contribution < -0.4 is 15.4 Å². The van der Waals surface area contributed by atoms with Crippen LogP contribution in [0.15, 0.2) is 18.3 Å². The van der Waals surface area contributed by atoms with Gasteiger partial charge >= 0.3 is 0 Å². The van der Waals surface area contributed by atoms with Crippen LogP contribution in [0.5, 0.6) is 5.88 Å². The zero-order valence-corrected chi connectivity index (χ0v) is 13.5. The Kier molecular flexibility index (Phi) is 5.00. The molecule has 0 bridgehead atoms. The van der Waals surface area contributed by atoms with Gasteiger partial charge < -0.3 is 15.4 Å². The van der Waals surface area contributed by atoms with Crippen molar-refractivity contribution in [1.82, 2.24) is 15.6 Å². The van der Waals surface area contributed by atoms with Crippen molar-refractivity contribution in [3.8, 4) is 5.88 Å². The highest BCUT2D eigenvalue weighted by Gasteiger charge is 2.30. The van der Waals surface area contributed by atoms with Crippen molar-refractivity contribution < 1.29 is 14.3 Å². The molecule has 3 rings (SSSR count). The van der Waals surface area contributed by atoms with Gasteiger partial charge in [0.2, 0.25) is 17.7 Å². The van der Waals surface area contributed by atoms with Gasteiger partial charge in [0.25, 0.3) is 0 Å². The molecule has 2 fully saturated rings. The molecule has 1 saturated heterocycles. The minimum absolute atomic E-state index is 0.0438. The Balaban J connectivity index is 1.42. The van der Waals surface area contributed by atoms with Crippen LogP contribution in [0, 0.1) is 0 Å². The van der Waals surface area contributed by atoms with Gasteiger partial charge in [-0.05, 0) is 38.2 Å². The number of carbonyl (C=O) groups excluding carboxylic acids is 2. The Morgan fingerprint density at radius 3 is 2.65 bits per heavy atom. The van der Waals surface area contributed by atoms with Crippen LogP contribution in [0.3, 0.4) is 0 Å². The predicted molar refractivity (Wildman–Crippen MR) is 85.2 cm³/mol. The Hall–Kier alpha value is -1.82. The molecule has 1 aromatic heterocycles. The van der Waals surface area contributed by atoms with Crippen LogP contribution in [0.1, 0.15) is 38.5 Å². The van der Waals surface area contributed by atoms with Crippen LogP contribution in [0.2, 0.25) is 5.02 Å². The van der Waals surface area contributed by atoms with Gasteiger partial charge in [0.1, 0.15) is 12.1 Å². The molecular formula is C16H20ClN3O3. The van der Waals surface area contributed by atoms with E-state index in [0.717, 1.165) is 25.7 Å². The molecule has 0 spiro atoms. The second-order valence-electron chi connectivity index (χ2n) is 6.07. The van der Waals surface area contributed by atoms with Crippen molar-refractivity contribution in [2.75, 3.05) is 0 Å². The van der Waals surface area contributed by atoms with Gasteiger partial charge in [0.15, 0.2) is 0 Å². The second kappa shape index (κ2) is 7.17. The Morgan fingerprint density at radius 2 is 2.04 bits per heavy atom. The summed E-state index contributed by atoms with van der Waals surface area (Å²) in [6.45, 7) is 0. The number of nitrogens with zero attached hydrogens (tertiary/aromatic N) is 1. The fraction of sp³-hybridized carbons (Fsp3) is 0.562. The van der Waals surface area contributed by atoms with Crippen molar-refractivity contribution in [3.63, 3.8) is 0 Å². The van der Waals surface area contributed by atoms with Crippen LogP contribution in [-0.2, 0) is 9.59 Å². The van der Waals surface area contributed by atoms with E-state index in [1.807, 2.05) is 0 Å². The molecule has 2 heterocycles. The summed E-state index contributed by atoms with van der Waals surface area (Å²) in [5, 5.41) is 6.31. The van der Waals surface area contributed by atoms with E-state index < -0.39 is 0 Å². The third-order valence-corrected chi connectivity index (χ3v) is 4.54. The Bertz CT molecular complexity index is 570. The molecule has 23 heavy (non-hydrogen) atoms. The van der Waals surface area contributed by atoms with E-state index in [0.29, 0.717) is 23.7 Å². The average Bonchev–Trinajstić information content (AvgIpc) is 2.98. The van der Waals surface area contributed by atoms with Gasteiger partial charge in [0, 0.05) is 24.7 Å². The van der Waals surface area contributed by atoms with E-state index in [1.165, 1.54) is 0 Å². The fourth-order valence-electron chi connectivity index (χ4n) is 3.04. The standard InChI is InChI=1S/C16H20ClN3O3/c17-10-1-8-15(18-9-10)23-12-4-2-11(3-5-12)19-16(22)13-6-7-14(21)20-13/h1,8-9,11-13H,2-7H2,(H,19,22)(H,20,21). The summed E-state index contributed by atoms with van der Waals surface area (Å²) in [4.78, 5) is 27.4. The first-order chi connectivity index (χ1) is 11.1. The summed E-state index contributed by atoms with van der Waals surface area (Å²) in [7, 11) is 0. The maximum atomic E-state index is 12.1. The van der Waals surface area contributed by atoms with Crippen LogP contribution in [-0.4, -0.2) is 35.0 Å². The third kappa shape index (κ3) is 4.34. The largest absolute Gasteiger partial charge is 0.474 e. The number of halogens is 1. The molecule has 0 radical (unpaired) electrons. The molecule has 1 aliphatic heterocycles. The average molecular weight is 338 g/mol. The molecule has 6 nitrogen and oxygen atoms in total. The zero-order valence-electron chi connectivity index (χ0n) is 12.8. The number of hydrogen-bond donors (Lipinski definition) is 2. The maximum absolute atomic E-state index is 12.1.